The average Bonchev–Trinajstić information content (AvgIpc) is 2.64. The van der Waals surface area contributed by atoms with Crippen molar-refractivity contribution in [3.8, 4) is 0 Å². The summed E-state index contributed by atoms with van der Waals surface area (Å²) in [5.41, 5.74) is 0.440. The van der Waals surface area contributed by atoms with Crippen molar-refractivity contribution in [2.24, 2.45) is 0 Å². The molecule has 0 saturated heterocycles. The summed E-state index contributed by atoms with van der Waals surface area (Å²) in [5, 5.41) is 5.15. The molecule has 0 spiro atoms. The highest BCUT2D eigenvalue weighted by atomic mass is 19.1. The summed E-state index contributed by atoms with van der Waals surface area (Å²) < 4.78 is 26.9. The summed E-state index contributed by atoms with van der Waals surface area (Å²) in [6, 6.07) is 11.3. The molecule has 2 amide bonds. The molecule has 7 heteroatoms. The molecule has 0 aliphatic carbocycles. The first kappa shape index (κ1) is 20.5. The molecule has 0 bridgehead atoms. The van der Waals surface area contributed by atoms with E-state index in [0.29, 0.717) is 12.2 Å². The third kappa shape index (κ3) is 6.14. The van der Waals surface area contributed by atoms with E-state index in [1.807, 2.05) is 25.1 Å². The number of hydrogen-bond donors (Lipinski definition) is 2. The van der Waals surface area contributed by atoms with Gasteiger partial charge in [-0.1, -0.05) is 25.1 Å². The van der Waals surface area contributed by atoms with Gasteiger partial charge >= 0.3 is 0 Å². The molecule has 0 saturated carbocycles. The Morgan fingerprint density at radius 1 is 1.07 bits per heavy atom. The quantitative estimate of drug-likeness (QED) is 0.741. The van der Waals surface area contributed by atoms with Crippen molar-refractivity contribution in [3.05, 3.63) is 60.2 Å². The highest BCUT2D eigenvalue weighted by molar-refractivity contribution is 5.96. The predicted octanol–water partition coefficient (Wildman–Crippen LogP) is 3.64. The Morgan fingerprint density at radius 2 is 1.78 bits per heavy atom. The minimum absolute atomic E-state index is 0.118. The van der Waals surface area contributed by atoms with Gasteiger partial charge in [0, 0.05) is 11.8 Å². The Kier molecular flexibility index (Phi) is 7.43. The van der Waals surface area contributed by atoms with Crippen molar-refractivity contribution >= 4 is 23.2 Å². The molecule has 0 fully saturated rings. The second-order valence-electron chi connectivity index (χ2n) is 6.17. The standard InChI is InChI=1S/C20H23F2N3O2/c1-3-11-25(14(2)20(27)23-16-7-5-4-6-8-16)13-19(26)24-18-12-15(21)9-10-17(18)22/h4-10,12,14H,3,11,13H2,1-2H3,(H,23,27)(H,24,26). The largest absolute Gasteiger partial charge is 0.325 e. The zero-order valence-electron chi connectivity index (χ0n) is 15.3. The zero-order chi connectivity index (χ0) is 19.8. The molecule has 1 unspecified atom stereocenters. The van der Waals surface area contributed by atoms with Gasteiger partial charge in [0.05, 0.1) is 18.3 Å². The maximum absolute atomic E-state index is 13.7. The van der Waals surface area contributed by atoms with Crippen LogP contribution in [0.4, 0.5) is 20.2 Å². The van der Waals surface area contributed by atoms with Gasteiger partial charge in [0.2, 0.25) is 11.8 Å². The molecule has 5 nitrogen and oxygen atoms in total. The number of nitrogens with zero attached hydrogens (tertiary/aromatic N) is 1. The van der Waals surface area contributed by atoms with Crippen LogP contribution in [0.3, 0.4) is 0 Å². The van der Waals surface area contributed by atoms with Gasteiger partial charge in [-0.2, -0.15) is 0 Å². The number of anilines is 2. The molecular formula is C20H23F2N3O2. The molecule has 2 aromatic carbocycles. The van der Waals surface area contributed by atoms with E-state index in [2.05, 4.69) is 10.6 Å². The first-order chi connectivity index (χ1) is 12.9. The van der Waals surface area contributed by atoms with E-state index in [1.54, 1.807) is 24.0 Å². The van der Waals surface area contributed by atoms with Crippen molar-refractivity contribution in [1.29, 1.82) is 0 Å². The lowest BCUT2D eigenvalue weighted by atomic mass is 10.2. The average molecular weight is 375 g/mol. The van der Waals surface area contributed by atoms with Crippen LogP contribution in [-0.2, 0) is 9.59 Å². The van der Waals surface area contributed by atoms with Gasteiger partial charge in [-0.15, -0.1) is 0 Å². The van der Waals surface area contributed by atoms with E-state index in [1.165, 1.54) is 0 Å². The molecule has 2 N–H and O–H groups in total. The normalized spacial score (nSPS) is 11.9. The fraction of sp³-hybridized carbons (Fsp3) is 0.300. The van der Waals surface area contributed by atoms with Gasteiger partial charge in [0.25, 0.3) is 0 Å². The second kappa shape index (κ2) is 9.78. The van der Waals surface area contributed by atoms with Crippen LogP contribution in [0.1, 0.15) is 20.3 Å². The number of halogens is 2. The summed E-state index contributed by atoms with van der Waals surface area (Å²) >= 11 is 0. The van der Waals surface area contributed by atoms with Crippen LogP contribution >= 0.6 is 0 Å². The van der Waals surface area contributed by atoms with Gasteiger partial charge in [-0.25, -0.2) is 8.78 Å². The number of hydrogen-bond acceptors (Lipinski definition) is 3. The predicted molar refractivity (Wildman–Crippen MR) is 101 cm³/mol. The Hall–Kier alpha value is -2.80. The Labute approximate surface area is 157 Å². The lowest BCUT2D eigenvalue weighted by Crippen LogP contribution is -2.46. The SMILES string of the molecule is CCCN(CC(=O)Nc1cc(F)ccc1F)C(C)C(=O)Nc1ccccc1. The molecule has 0 aliphatic rings. The Bertz CT molecular complexity index is 784. The molecule has 0 radical (unpaired) electrons. The third-order valence-electron chi connectivity index (χ3n) is 4.03. The van der Waals surface area contributed by atoms with Crippen molar-refractivity contribution < 1.29 is 18.4 Å². The molecule has 2 aromatic rings. The fourth-order valence-corrected chi connectivity index (χ4v) is 2.60. The second-order valence-corrected chi connectivity index (χ2v) is 6.17. The van der Waals surface area contributed by atoms with Crippen LogP contribution in [0.25, 0.3) is 0 Å². The first-order valence-corrected chi connectivity index (χ1v) is 8.75. The van der Waals surface area contributed by atoms with E-state index < -0.39 is 23.6 Å². The minimum atomic E-state index is -0.721. The zero-order valence-corrected chi connectivity index (χ0v) is 15.3. The van der Waals surface area contributed by atoms with Crippen molar-refractivity contribution in [2.75, 3.05) is 23.7 Å². The van der Waals surface area contributed by atoms with Crippen LogP contribution in [0.5, 0.6) is 0 Å². The number of rotatable bonds is 8. The monoisotopic (exact) mass is 375 g/mol. The van der Waals surface area contributed by atoms with Gasteiger partial charge in [0.1, 0.15) is 11.6 Å². The molecule has 27 heavy (non-hydrogen) atoms. The maximum atomic E-state index is 13.7. The van der Waals surface area contributed by atoms with Gasteiger partial charge in [0.15, 0.2) is 0 Å². The number of amides is 2. The van der Waals surface area contributed by atoms with E-state index >= 15 is 0 Å². The summed E-state index contributed by atoms with van der Waals surface area (Å²) in [4.78, 5) is 26.4. The lowest BCUT2D eigenvalue weighted by molar-refractivity contribution is -0.123. The van der Waals surface area contributed by atoms with Gasteiger partial charge in [-0.05, 0) is 44.2 Å². The summed E-state index contributed by atoms with van der Waals surface area (Å²) in [7, 11) is 0. The first-order valence-electron chi connectivity index (χ1n) is 8.75. The third-order valence-corrected chi connectivity index (χ3v) is 4.03. The van der Waals surface area contributed by atoms with E-state index in [-0.39, 0.29) is 18.1 Å². The smallest absolute Gasteiger partial charge is 0.241 e. The van der Waals surface area contributed by atoms with Crippen LogP contribution < -0.4 is 10.6 Å². The van der Waals surface area contributed by atoms with E-state index in [4.69, 9.17) is 0 Å². The topological polar surface area (TPSA) is 61.4 Å². The van der Waals surface area contributed by atoms with E-state index in [9.17, 15) is 18.4 Å². The number of carbonyl (C=O) groups excluding carboxylic acids is 2. The molecular weight excluding hydrogens is 352 g/mol. The van der Waals surface area contributed by atoms with Crippen LogP contribution in [-0.4, -0.2) is 35.8 Å². The number of benzene rings is 2. The number of nitrogens with one attached hydrogen (secondary N) is 2. The Balaban J connectivity index is 2.01. The van der Waals surface area contributed by atoms with Crippen LogP contribution in [0.15, 0.2) is 48.5 Å². The summed E-state index contributed by atoms with van der Waals surface area (Å²) in [6.45, 7) is 4.01. The van der Waals surface area contributed by atoms with Crippen LogP contribution in [0, 0.1) is 11.6 Å². The summed E-state index contributed by atoms with van der Waals surface area (Å²) in [6.07, 6.45) is 0.727. The van der Waals surface area contributed by atoms with Crippen molar-refractivity contribution in [3.63, 3.8) is 0 Å². The van der Waals surface area contributed by atoms with Gasteiger partial charge < -0.3 is 10.6 Å². The fourth-order valence-electron chi connectivity index (χ4n) is 2.60. The maximum Gasteiger partial charge on any atom is 0.241 e. The molecule has 0 aliphatic heterocycles. The van der Waals surface area contributed by atoms with E-state index in [0.717, 1.165) is 24.6 Å². The molecule has 0 aromatic heterocycles. The Morgan fingerprint density at radius 3 is 2.44 bits per heavy atom. The molecule has 1 atom stereocenters. The number of para-hydroxylation sites is 1. The highest BCUT2D eigenvalue weighted by Gasteiger charge is 2.23. The minimum Gasteiger partial charge on any atom is -0.325 e. The molecule has 2 rings (SSSR count). The van der Waals surface area contributed by atoms with Crippen molar-refractivity contribution in [1.82, 2.24) is 4.90 Å². The number of carbonyl (C=O) groups is 2. The van der Waals surface area contributed by atoms with Crippen molar-refractivity contribution in [2.45, 2.75) is 26.3 Å². The van der Waals surface area contributed by atoms with Gasteiger partial charge in [-0.3, -0.25) is 14.5 Å². The lowest BCUT2D eigenvalue weighted by Gasteiger charge is -2.27. The summed E-state index contributed by atoms with van der Waals surface area (Å²) in [5.74, 6) is -2.14. The molecule has 144 valence electrons. The van der Waals surface area contributed by atoms with Crippen LogP contribution in [0.2, 0.25) is 0 Å². The molecule has 0 heterocycles. The highest BCUT2D eigenvalue weighted by Crippen LogP contribution is 2.15.